The number of nitrogens with one attached hydrogen (secondary N) is 1. The summed E-state index contributed by atoms with van der Waals surface area (Å²) in [5.74, 6) is -1.21. The molecular formula is C64H115NO10. The molecule has 8 unspecified atom stereocenters. The van der Waals surface area contributed by atoms with Gasteiger partial charge in [-0.3, -0.25) is 9.59 Å². The fourth-order valence-electron chi connectivity index (χ4n) is 9.42. The quantitative estimate of drug-likeness (QED) is 0.0195. The Morgan fingerprint density at radius 1 is 0.520 bits per heavy atom. The Hall–Kier alpha value is -2.64. The van der Waals surface area contributed by atoms with Crippen molar-refractivity contribution in [1.29, 1.82) is 0 Å². The van der Waals surface area contributed by atoms with E-state index in [1.807, 2.05) is 6.08 Å². The maximum absolute atomic E-state index is 13.4. The minimum absolute atomic E-state index is 0.113. The van der Waals surface area contributed by atoms with Crippen LogP contribution in [0.5, 0.6) is 0 Å². The summed E-state index contributed by atoms with van der Waals surface area (Å²) in [5, 5.41) is 57.0. The minimum atomic E-state index is -1.62. The van der Waals surface area contributed by atoms with Crippen LogP contribution in [-0.2, 0) is 23.8 Å². The van der Waals surface area contributed by atoms with Gasteiger partial charge in [0.15, 0.2) is 12.4 Å². The lowest BCUT2D eigenvalue weighted by atomic mass is 9.99. The second-order valence-corrected chi connectivity index (χ2v) is 21.4. The van der Waals surface area contributed by atoms with E-state index < -0.39 is 67.4 Å². The second kappa shape index (κ2) is 52.1. The van der Waals surface area contributed by atoms with Crippen LogP contribution in [0.15, 0.2) is 60.8 Å². The first kappa shape index (κ1) is 70.4. The van der Waals surface area contributed by atoms with E-state index >= 15 is 0 Å². The maximum atomic E-state index is 13.4. The second-order valence-electron chi connectivity index (χ2n) is 21.4. The Morgan fingerprint density at radius 2 is 0.920 bits per heavy atom. The first-order valence-electron chi connectivity index (χ1n) is 31.1. The van der Waals surface area contributed by atoms with Gasteiger partial charge in [0.05, 0.1) is 25.4 Å². The first-order valence-corrected chi connectivity index (χ1v) is 31.1. The lowest BCUT2D eigenvalue weighted by Crippen LogP contribution is -2.61. The highest BCUT2D eigenvalue weighted by Gasteiger charge is 2.47. The van der Waals surface area contributed by atoms with E-state index in [4.69, 9.17) is 14.2 Å². The topological polar surface area (TPSA) is 175 Å². The molecule has 0 radical (unpaired) electrons. The molecule has 0 bridgehead atoms. The number of hydrogen-bond donors (Lipinski definition) is 6. The van der Waals surface area contributed by atoms with Crippen molar-refractivity contribution in [3.8, 4) is 0 Å². The van der Waals surface area contributed by atoms with Crippen molar-refractivity contribution in [3.05, 3.63) is 60.8 Å². The van der Waals surface area contributed by atoms with Crippen molar-refractivity contribution >= 4 is 11.9 Å². The molecule has 1 saturated heterocycles. The molecule has 1 aliphatic heterocycles. The number of ether oxygens (including phenoxy) is 3. The SMILES string of the molecule is CCCCC/C=C\C/C=C\CCCCCCCCCC(=O)OC1C(OCC(NC(=O)C(O)CCCCCCCC/C=C\C/C=C\CCCCC)C(O)/C=C/CCCCCCCCCCCCC)OC(CO)C(O)C1O. The van der Waals surface area contributed by atoms with Crippen molar-refractivity contribution in [1.82, 2.24) is 5.32 Å². The van der Waals surface area contributed by atoms with Crippen LogP contribution in [0.4, 0.5) is 0 Å². The van der Waals surface area contributed by atoms with Gasteiger partial charge in [-0.25, -0.2) is 0 Å². The van der Waals surface area contributed by atoms with Crippen LogP contribution in [0.1, 0.15) is 271 Å². The van der Waals surface area contributed by atoms with Crippen LogP contribution in [0.25, 0.3) is 0 Å². The Bertz CT molecular complexity index is 1450. The molecule has 0 saturated carbocycles. The smallest absolute Gasteiger partial charge is 0.306 e. The van der Waals surface area contributed by atoms with Crippen molar-refractivity contribution in [2.45, 2.75) is 320 Å². The van der Waals surface area contributed by atoms with Gasteiger partial charge in [0.1, 0.15) is 24.4 Å². The molecule has 0 aromatic rings. The number of aliphatic hydroxyl groups is 5. The number of aliphatic hydroxyl groups excluding tert-OH is 5. The van der Waals surface area contributed by atoms with E-state index in [0.717, 1.165) is 103 Å². The summed E-state index contributed by atoms with van der Waals surface area (Å²) >= 11 is 0. The summed E-state index contributed by atoms with van der Waals surface area (Å²) < 4.78 is 17.6. The zero-order valence-corrected chi connectivity index (χ0v) is 48.2. The minimum Gasteiger partial charge on any atom is -0.454 e. The number of amides is 1. The molecule has 11 nitrogen and oxygen atoms in total. The van der Waals surface area contributed by atoms with Gasteiger partial charge < -0.3 is 45.1 Å². The number of carbonyl (C=O) groups excluding carboxylic acids is 2. The van der Waals surface area contributed by atoms with Gasteiger partial charge in [-0.15, -0.1) is 0 Å². The Morgan fingerprint density at radius 3 is 1.39 bits per heavy atom. The molecule has 1 heterocycles. The standard InChI is InChI=1S/C64H115NO10/c1-4-7-10-13-16-19-22-25-27-29-31-34-37-40-43-46-49-52-59(69)75-62-61(71)60(70)58(53-66)74-64(62)73-54-55(56(67)50-47-44-41-38-35-32-24-21-18-15-12-9-6-3)65-63(72)57(68)51-48-45-42-39-36-33-30-28-26-23-20-17-14-11-8-5-2/h16-17,19-20,25-28,47,50,55-58,60-62,64,66-68,70-71H,4-15,18,21-24,29-46,48-49,51-54H2,1-3H3,(H,65,72)/b19-16-,20-17-,27-25-,28-26-,50-47+. The third-order valence-corrected chi connectivity index (χ3v) is 14.4. The third-order valence-electron chi connectivity index (χ3n) is 14.4. The predicted molar refractivity (Wildman–Crippen MR) is 310 cm³/mol. The summed E-state index contributed by atoms with van der Waals surface area (Å²) in [5.41, 5.74) is 0. The summed E-state index contributed by atoms with van der Waals surface area (Å²) in [4.78, 5) is 26.5. The van der Waals surface area contributed by atoms with E-state index in [0.29, 0.717) is 12.8 Å². The van der Waals surface area contributed by atoms with Crippen LogP contribution in [-0.4, -0.2) is 99.6 Å². The van der Waals surface area contributed by atoms with Crippen molar-refractivity contribution < 1.29 is 49.3 Å². The zero-order valence-electron chi connectivity index (χ0n) is 48.2. The fourth-order valence-corrected chi connectivity index (χ4v) is 9.42. The Labute approximate surface area is 458 Å². The molecule has 0 aromatic carbocycles. The predicted octanol–water partition coefficient (Wildman–Crippen LogP) is 14.6. The monoisotopic (exact) mass is 1060 g/mol. The van der Waals surface area contributed by atoms with Crippen molar-refractivity contribution in [3.63, 3.8) is 0 Å². The molecule has 0 aliphatic carbocycles. The molecule has 6 N–H and O–H groups in total. The summed E-state index contributed by atoms with van der Waals surface area (Å²) in [6, 6.07) is -1.03. The van der Waals surface area contributed by atoms with Crippen molar-refractivity contribution in [2.75, 3.05) is 13.2 Å². The molecule has 1 aliphatic rings. The highest BCUT2D eigenvalue weighted by Crippen LogP contribution is 2.26. The zero-order chi connectivity index (χ0) is 54.7. The summed E-state index contributed by atoms with van der Waals surface area (Å²) in [6.45, 7) is 5.74. The van der Waals surface area contributed by atoms with E-state index in [1.54, 1.807) is 6.08 Å². The fraction of sp³-hybridized carbons (Fsp3) is 0.812. The van der Waals surface area contributed by atoms with Crippen LogP contribution in [0.2, 0.25) is 0 Å². The Kier molecular flexibility index (Phi) is 48.9. The average Bonchev–Trinajstić information content (AvgIpc) is 3.41. The highest BCUT2D eigenvalue weighted by molar-refractivity contribution is 5.80. The van der Waals surface area contributed by atoms with Gasteiger partial charge >= 0.3 is 5.97 Å². The van der Waals surface area contributed by atoms with Crippen LogP contribution in [0, 0.1) is 0 Å². The molecule has 0 aromatic heterocycles. The molecule has 75 heavy (non-hydrogen) atoms. The number of allylic oxidation sites excluding steroid dienone is 9. The van der Waals surface area contributed by atoms with Gasteiger partial charge in [-0.05, 0) is 89.9 Å². The van der Waals surface area contributed by atoms with Crippen LogP contribution < -0.4 is 5.32 Å². The van der Waals surface area contributed by atoms with Gasteiger partial charge in [-0.1, -0.05) is 236 Å². The number of unbranched alkanes of at least 4 members (excludes halogenated alkanes) is 30. The largest absolute Gasteiger partial charge is 0.454 e. The number of esters is 1. The first-order chi connectivity index (χ1) is 36.7. The third kappa shape index (κ3) is 40.2. The normalized spacial score (nSPS) is 19.6. The molecule has 11 heteroatoms. The lowest BCUT2D eigenvalue weighted by Gasteiger charge is -2.41. The maximum Gasteiger partial charge on any atom is 0.306 e. The summed E-state index contributed by atoms with van der Waals surface area (Å²) in [7, 11) is 0. The molecule has 8 atom stereocenters. The van der Waals surface area contributed by atoms with Crippen LogP contribution >= 0.6 is 0 Å². The molecule has 1 rings (SSSR count). The van der Waals surface area contributed by atoms with E-state index in [9.17, 15) is 35.1 Å². The van der Waals surface area contributed by atoms with E-state index in [2.05, 4.69) is 74.7 Å². The van der Waals surface area contributed by atoms with Crippen LogP contribution in [0.3, 0.4) is 0 Å². The van der Waals surface area contributed by atoms with Gasteiger partial charge in [0, 0.05) is 6.42 Å². The number of rotatable bonds is 52. The number of carbonyl (C=O) groups is 2. The average molecular weight is 1060 g/mol. The molecule has 0 spiro atoms. The van der Waals surface area contributed by atoms with Gasteiger partial charge in [0.2, 0.25) is 5.91 Å². The van der Waals surface area contributed by atoms with E-state index in [-0.39, 0.29) is 19.4 Å². The number of hydrogen-bond acceptors (Lipinski definition) is 10. The van der Waals surface area contributed by atoms with E-state index in [1.165, 1.54) is 122 Å². The molecule has 1 fully saturated rings. The Balaban J connectivity index is 2.71. The summed E-state index contributed by atoms with van der Waals surface area (Å²) in [6.07, 6.45) is 53.9. The highest BCUT2D eigenvalue weighted by atomic mass is 16.7. The van der Waals surface area contributed by atoms with Gasteiger partial charge in [-0.2, -0.15) is 0 Å². The molecule has 436 valence electrons. The molecule has 1 amide bonds. The van der Waals surface area contributed by atoms with Crippen molar-refractivity contribution in [2.24, 2.45) is 0 Å². The van der Waals surface area contributed by atoms with Gasteiger partial charge in [0.25, 0.3) is 0 Å². The molecular weight excluding hydrogens is 943 g/mol. The lowest BCUT2D eigenvalue weighted by molar-refractivity contribution is -0.305.